The minimum Gasteiger partial charge on any atom is -0.491 e. The molecule has 21 heavy (non-hydrogen) atoms. The molecule has 1 aromatic rings. The van der Waals surface area contributed by atoms with Crippen LogP contribution in [0.5, 0.6) is 5.75 Å². The molecule has 1 heterocycles. The molecule has 1 saturated carbocycles. The first kappa shape index (κ1) is 14.9. The zero-order valence-electron chi connectivity index (χ0n) is 13.2. The van der Waals surface area contributed by atoms with Crippen LogP contribution >= 0.6 is 0 Å². The van der Waals surface area contributed by atoms with Crippen molar-refractivity contribution in [3.63, 3.8) is 0 Å². The van der Waals surface area contributed by atoms with Gasteiger partial charge in [0.1, 0.15) is 12.4 Å². The van der Waals surface area contributed by atoms with Crippen LogP contribution in [0.3, 0.4) is 0 Å². The Balaban J connectivity index is 1.62. The molecular formula is C18H27NO2. The summed E-state index contributed by atoms with van der Waals surface area (Å²) in [6.07, 6.45) is 7.68. The maximum atomic E-state index is 6.31. The molecule has 0 aromatic heterocycles. The topological polar surface area (TPSA) is 44.5 Å². The van der Waals surface area contributed by atoms with E-state index in [-0.39, 0.29) is 17.7 Å². The first-order valence-corrected chi connectivity index (χ1v) is 8.25. The van der Waals surface area contributed by atoms with Gasteiger partial charge >= 0.3 is 0 Å². The van der Waals surface area contributed by atoms with Gasteiger partial charge in [-0.15, -0.1) is 0 Å². The lowest BCUT2D eigenvalue weighted by atomic mass is 9.98. The zero-order chi connectivity index (χ0) is 14.9. The molecule has 3 heteroatoms. The normalized spacial score (nSPS) is 25.4. The van der Waals surface area contributed by atoms with Crippen molar-refractivity contribution in [3.8, 4) is 5.75 Å². The summed E-state index contributed by atoms with van der Waals surface area (Å²) in [5.41, 5.74) is 8.50. The lowest BCUT2D eigenvalue weighted by Crippen LogP contribution is -2.27. The van der Waals surface area contributed by atoms with Crippen molar-refractivity contribution in [2.45, 2.75) is 70.1 Å². The van der Waals surface area contributed by atoms with Crippen LogP contribution in [0, 0.1) is 6.92 Å². The average molecular weight is 289 g/mol. The van der Waals surface area contributed by atoms with Gasteiger partial charge < -0.3 is 15.2 Å². The summed E-state index contributed by atoms with van der Waals surface area (Å²) in [5.74, 6) is 0.918. The molecule has 1 aliphatic heterocycles. The van der Waals surface area contributed by atoms with Gasteiger partial charge in [0.05, 0.1) is 11.7 Å². The summed E-state index contributed by atoms with van der Waals surface area (Å²) in [4.78, 5) is 0. The fourth-order valence-corrected chi connectivity index (χ4v) is 3.73. The summed E-state index contributed by atoms with van der Waals surface area (Å²) in [6, 6.07) is 6.24. The Bertz CT molecular complexity index is 492. The maximum Gasteiger partial charge on any atom is 0.124 e. The Hall–Kier alpha value is -1.06. The molecule has 0 amide bonds. The van der Waals surface area contributed by atoms with Crippen molar-refractivity contribution in [2.24, 2.45) is 5.73 Å². The third kappa shape index (κ3) is 3.24. The average Bonchev–Trinajstić information content (AvgIpc) is 3.07. The molecule has 0 radical (unpaired) electrons. The predicted molar refractivity (Wildman–Crippen MR) is 84.6 cm³/mol. The van der Waals surface area contributed by atoms with Gasteiger partial charge in [-0.1, -0.05) is 25.0 Å². The van der Waals surface area contributed by atoms with Gasteiger partial charge in [0.2, 0.25) is 0 Å². The molecule has 1 aliphatic carbocycles. The van der Waals surface area contributed by atoms with E-state index in [0.29, 0.717) is 6.61 Å². The zero-order valence-corrected chi connectivity index (χ0v) is 13.2. The van der Waals surface area contributed by atoms with E-state index in [4.69, 9.17) is 15.2 Å². The second kappa shape index (κ2) is 5.98. The Kier molecular flexibility index (Phi) is 4.23. The van der Waals surface area contributed by atoms with Gasteiger partial charge in [-0.2, -0.15) is 0 Å². The van der Waals surface area contributed by atoms with E-state index >= 15 is 0 Å². The summed E-state index contributed by atoms with van der Waals surface area (Å²) < 4.78 is 12.4. The van der Waals surface area contributed by atoms with Gasteiger partial charge in [0, 0.05) is 11.6 Å². The van der Waals surface area contributed by atoms with Crippen molar-refractivity contribution in [1.29, 1.82) is 0 Å². The van der Waals surface area contributed by atoms with E-state index in [1.54, 1.807) is 0 Å². The number of hydrogen-bond donors (Lipinski definition) is 1. The van der Waals surface area contributed by atoms with Crippen molar-refractivity contribution >= 4 is 0 Å². The quantitative estimate of drug-likeness (QED) is 0.914. The summed E-state index contributed by atoms with van der Waals surface area (Å²) >= 11 is 0. The molecule has 116 valence electrons. The van der Waals surface area contributed by atoms with E-state index in [9.17, 15) is 0 Å². The molecule has 1 spiro atoms. The van der Waals surface area contributed by atoms with Gasteiger partial charge in [0.15, 0.2) is 0 Å². The maximum absolute atomic E-state index is 6.31. The van der Waals surface area contributed by atoms with Crippen molar-refractivity contribution in [1.82, 2.24) is 0 Å². The molecule has 1 aromatic carbocycles. The Morgan fingerprint density at radius 2 is 2.10 bits per heavy atom. The van der Waals surface area contributed by atoms with Crippen LogP contribution in [-0.2, 0) is 4.74 Å². The number of hydrogen-bond acceptors (Lipinski definition) is 3. The highest BCUT2D eigenvalue weighted by Gasteiger charge is 2.42. The van der Waals surface area contributed by atoms with Crippen LogP contribution in [0.15, 0.2) is 18.2 Å². The lowest BCUT2D eigenvalue weighted by molar-refractivity contribution is -0.0510. The third-order valence-electron chi connectivity index (χ3n) is 4.94. The minimum absolute atomic E-state index is 0.00808. The van der Waals surface area contributed by atoms with Crippen LogP contribution < -0.4 is 10.5 Å². The van der Waals surface area contributed by atoms with Crippen molar-refractivity contribution < 1.29 is 9.47 Å². The monoisotopic (exact) mass is 289 g/mol. The van der Waals surface area contributed by atoms with Crippen LogP contribution in [-0.4, -0.2) is 18.3 Å². The molecule has 2 fully saturated rings. The Morgan fingerprint density at radius 1 is 1.33 bits per heavy atom. The summed E-state index contributed by atoms with van der Waals surface area (Å²) in [5, 5.41) is 0. The largest absolute Gasteiger partial charge is 0.491 e. The van der Waals surface area contributed by atoms with Crippen LogP contribution in [0.1, 0.15) is 62.6 Å². The standard InChI is InChI=1S/C18H27NO2/c1-13-5-6-16(14(2)19)17(11-13)20-12-15-7-10-18(21-15)8-3-4-9-18/h5-6,11,14-15H,3-4,7-10,12,19H2,1-2H3/t14-,15?/m0/s1. The number of ether oxygens (including phenoxy) is 2. The number of nitrogens with two attached hydrogens (primary N) is 1. The predicted octanol–water partition coefficient (Wildman–Crippen LogP) is 3.89. The summed E-state index contributed by atoms with van der Waals surface area (Å²) in [6.45, 7) is 4.72. The third-order valence-corrected chi connectivity index (χ3v) is 4.94. The number of aryl methyl sites for hydroxylation is 1. The van der Waals surface area contributed by atoms with Crippen molar-refractivity contribution in [3.05, 3.63) is 29.3 Å². The first-order chi connectivity index (χ1) is 10.1. The highest BCUT2D eigenvalue weighted by atomic mass is 16.6. The van der Waals surface area contributed by atoms with Gasteiger partial charge in [-0.05, 0) is 51.2 Å². The Morgan fingerprint density at radius 3 is 2.81 bits per heavy atom. The van der Waals surface area contributed by atoms with Crippen LogP contribution in [0.2, 0.25) is 0 Å². The van der Waals surface area contributed by atoms with E-state index in [1.807, 2.05) is 6.92 Å². The van der Waals surface area contributed by atoms with Gasteiger partial charge in [-0.25, -0.2) is 0 Å². The SMILES string of the molecule is Cc1ccc([C@H](C)N)c(OCC2CCC3(CCCC3)O2)c1. The molecule has 1 unspecified atom stereocenters. The fourth-order valence-electron chi connectivity index (χ4n) is 3.73. The van der Waals surface area contributed by atoms with Crippen LogP contribution in [0.25, 0.3) is 0 Å². The molecule has 2 N–H and O–H groups in total. The van der Waals surface area contributed by atoms with Gasteiger partial charge in [-0.3, -0.25) is 0 Å². The van der Waals surface area contributed by atoms with E-state index < -0.39 is 0 Å². The van der Waals surface area contributed by atoms with Crippen molar-refractivity contribution in [2.75, 3.05) is 6.61 Å². The second-order valence-corrected chi connectivity index (χ2v) is 6.81. The number of benzene rings is 1. The van der Waals surface area contributed by atoms with Gasteiger partial charge in [0.25, 0.3) is 0 Å². The summed E-state index contributed by atoms with van der Waals surface area (Å²) in [7, 11) is 0. The Labute approximate surface area is 127 Å². The second-order valence-electron chi connectivity index (χ2n) is 6.81. The molecular weight excluding hydrogens is 262 g/mol. The smallest absolute Gasteiger partial charge is 0.124 e. The highest BCUT2D eigenvalue weighted by Crippen LogP contribution is 2.43. The van der Waals surface area contributed by atoms with Crippen LogP contribution in [0.4, 0.5) is 0 Å². The van der Waals surface area contributed by atoms with E-state index in [0.717, 1.165) is 17.7 Å². The molecule has 2 aliphatic rings. The molecule has 1 saturated heterocycles. The first-order valence-electron chi connectivity index (χ1n) is 8.25. The number of rotatable bonds is 4. The molecule has 3 rings (SSSR count). The highest BCUT2D eigenvalue weighted by molar-refractivity contribution is 5.38. The lowest BCUT2D eigenvalue weighted by Gasteiger charge is -2.24. The molecule has 2 atom stereocenters. The molecule has 0 bridgehead atoms. The fraction of sp³-hybridized carbons (Fsp3) is 0.667. The van der Waals surface area contributed by atoms with E-state index in [2.05, 4.69) is 25.1 Å². The minimum atomic E-state index is -0.00808. The molecule has 3 nitrogen and oxygen atoms in total. The van der Waals surface area contributed by atoms with E-state index in [1.165, 1.54) is 37.7 Å².